The molecular formula is C24H28N2O2Si. The lowest BCUT2D eigenvalue weighted by atomic mass is 10.0. The van der Waals surface area contributed by atoms with Crippen molar-refractivity contribution in [2.75, 3.05) is 0 Å². The highest BCUT2D eigenvalue weighted by Crippen LogP contribution is 2.48. The van der Waals surface area contributed by atoms with Crippen LogP contribution in [0.2, 0.25) is 19.1 Å². The smallest absolute Gasteiger partial charge is 0.184 e. The predicted octanol–water partition coefficient (Wildman–Crippen LogP) is 3.82. The highest BCUT2D eigenvalue weighted by molar-refractivity contribution is 6.89. The molecule has 3 aliphatic heterocycles. The predicted molar refractivity (Wildman–Crippen MR) is 115 cm³/mol. The molecule has 0 N–H and O–H groups in total. The van der Waals surface area contributed by atoms with E-state index in [4.69, 9.17) is 9.47 Å². The molecule has 5 heteroatoms. The molecule has 3 aliphatic rings. The fraction of sp³-hybridized carbons (Fsp3) is 0.458. The molecule has 150 valence electrons. The Morgan fingerprint density at radius 2 is 1.62 bits per heavy atom. The number of fused-ring (bicyclic) bond motifs is 3. The summed E-state index contributed by atoms with van der Waals surface area (Å²) in [5.74, 6) is 0. The molecule has 2 aromatic carbocycles. The van der Waals surface area contributed by atoms with Gasteiger partial charge in [-0.05, 0) is 18.9 Å². The van der Waals surface area contributed by atoms with Gasteiger partial charge in [0.05, 0.1) is 20.2 Å². The molecule has 4 nitrogen and oxygen atoms in total. The van der Waals surface area contributed by atoms with Gasteiger partial charge in [-0.15, -0.1) is 0 Å². The standard InChI is InChI=1S/C24H28N2O2Si/c1-29(2,19-11-7-4-8-12-19)16-21-23-22(20-14-13-18(15-25)26(20)21)27-24(28-23)17-9-5-3-6-10-17/h3-12,18,20-24H,13-14,16H2,1-2H3/t18-,20-,21-,22+,23-,24+/m1/s1. The largest absolute Gasteiger partial charge is 0.341 e. The minimum atomic E-state index is -1.69. The minimum absolute atomic E-state index is 0.0152. The number of rotatable bonds is 4. The van der Waals surface area contributed by atoms with Gasteiger partial charge >= 0.3 is 0 Å². The molecule has 0 unspecified atom stereocenters. The molecule has 0 aromatic heterocycles. The van der Waals surface area contributed by atoms with Crippen LogP contribution in [0.15, 0.2) is 60.7 Å². The lowest BCUT2D eigenvalue weighted by Gasteiger charge is -2.35. The van der Waals surface area contributed by atoms with Crippen LogP contribution in [0.3, 0.4) is 0 Å². The van der Waals surface area contributed by atoms with Gasteiger partial charge in [0.1, 0.15) is 12.2 Å². The van der Waals surface area contributed by atoms with Crippen LogP contribution in [0.1, 0.15) is 24.7 Å². The van der Waals surface area contributed by atoms with E-state index in [2.05, 4.69) is 66.5 Å². The first-order valence-corrected chi connectivity index (χ1v) is 13.9. The first kappa shape index (κ1) is 19.0. The molecule has 3 heterocycles. The normalized spacial score (nSPS) is 34.0. The first-order chi connectivity index (χ1) is 14.1. The van der Waals surface area contributed by atoms with Crippen molar-refractivity contribution in [3.63, 3.8) is 0 Å². The fourth-order valence-electron chi connectivity index (χ4n) is 5.58. The van der Waals surface area contributed by atoms with Gasteiger partial charge in [0, 0.05) is 17.6 Å². The lowest BCUT2D eigenvalue weighted by Crippen LogP contribution is -2.51. The first-order valence-electron chi connectivity index (χ1n) is 10.7. The van der Waals surface area contributed by atoms with Crippen LogP contribution < -0.4 is 5.19 Å². The molecule has 0 bridgehead atoms. The zero-order valence-corrected chi connectivity index (χ0v) is 18.1. The van der Waals surface area contributed by atoms with Crippen LogP contribution in [0, 0.1) is 11.3 Å². The second-order valence-electron chi connectivity index (χ2n) is 9.20. The molecule has 0 spiro atoms. The van der Waals surface area contributed by atoms with Crippen molar-refractivity contribution in [3.05, 3.63) is 66.2 Å². The Morgan fingerprint density at radius 3 is 2.31 bits per heavy atom. The van der Waals surface area contributed by atoms with E-state index in [1.807, 2.05) is 18.2 Å². The fourth-order valence-corrected chi connectivity index (χ4v) is 8.40. The summed E-state index contributed by atoms with van der Waals surface area (Å²) < 4.78 is 13.0. The minimum Gasteiger partial charge on any atom is -0.341 e. The SMILES string of the molecule is C[Si](C)(C[C@@H]1[C@H]2O[C@@H](c3ccccc3)O[C@H]2[C@H]2CC[C@H](C#N)N21)c1ccccc1. The van der Waals surface area contributed by atoms with E-state index in [1.54, 1.807) is 0 Å². The highest BCUT2D eigenvalue weighted by Gasteiger charge is 2.60. The van der Waals surface area contributed by atoms with Crippen molar-refractivity contribution in [1.82, 2.24) is 4.90 Å². The molecule has 0 radical (unpaired) electrons. The van der Waals surface area contributed by atoms with Gasteiger partial charge in [-0.25, -0.2) is 0 Å². The van der Waals surface area contributed by atoms with Gasteiger partial charge in [0.25, 0.3) is 0 Å². The molecule has 0 aliphatic carbocycles. The van der Waals surface area contributed by atoms with Gasteiger partial charge in [-0.3, -0.25) is 4.90 Å². The highest BCUT2D eigenvalue weighted by atomic mass is 28.3. The summed E-state index contributed by atoms with van der Waals surface area (Å²) in [5.41, 5.74) is 1.08. The van der Waals surface area contributed by atoms with Gasteiger partial charge in [0.2, 0.25) is 0 Å². The van der Waals surface area contributed by atoms with Crippen LogP contribution in [-0.2, 0) is 9.47 Å². The summed E-state index contributed by atoms with van der Waals surface area (Å²) in [7, 11) is -1.69. The van der Waals surface area contributed by atoms with E-state index < -0.39 is 8.07 Å². The number of nitrogens with zero attached hydrogens (tertiary/aromatic N) is 2. The van der Waals surface area contributed by atoms with Crippen molar-refractivity contribution < 1.29 is 9.47 Å². The van der Waals surface area contributed by atoms with Gasteiger partial charge in [-0.2, -0.15) is 5.26 Å². The Bertz CT molecular complexity index is 898. The topological polar surface area (TPSA) is 45.5 Å². The molecule has 3 saturated heterocycles. The summed E-state index contributed by atoms with van der Waals surface area (Å²) in [6, 6.07) is 25.3. The molecule has 0 amide bonds. The maximum atomic E-state index is 9.78. The van der Waals surface area contributed by atoms with Crippen LogP contribution >= 0.6 is 0 Å². The van der Waals surface area contributed by atoms with E-state index in [1.165, 1.54) is 5.19 Å². The Balaban J connectivity index is 1.45. The molecule has 29 heavy (non-hydrogen) atoms. The third kappa shape index (κ3) is 3.25. The maximum Gasteiger partial charge on any atom is 0.184 e. The molecule has 5 rings (SSSR count). The van der Waals surface area contributed by atoms with Crippen LogP contribution in [0.5, 0.6) is 0 Å². The second-order valence-corrected chi connectivity index (χ2v) is 14.0. The zero-order chi connectivity index (χ0) is 20.0. The number of ether oxygens (including phenoxy) is 2. The number of hydrogen-bond acceptors (Lipinski definition) is 4. The van der Waals surface area contributed by atoms with Crippen molar-refractivity contribution in [3.8, 4) is 6.07 Å². The third-order valence-corrected chi connectivity index (χ3v) is 10.3. The van der Waals surface area contributed by atoms with Crippen molar-refractivity contribution >= 4 is 13.3 Å². The van der Waals surface area contributed by atoms with Crippen molar-refractivity contribution in [2.24, 2.45) is 0 Å². The summed E-state index contributed by atoms with van der Waals surface area (Å²) >= 11 is 0. The Labute approximate surface area is 174 Å². The number of nitriles is 1. The van der Waals surface area contributed by atoms with E-state index in [-0.39, 0.29) is 30.6 Å². The Hall–Kier alpha value is -1.97. The summed E-state index contributed by atoms with van der Waals surface area (Å²) in [6.45, 7) is 4.87. The summed E-state index contributed by atoms with van der Waals surface area (Å²) in [4.78, 5) is 2.45. The van der Waals surface area contributed by atoms with Crippen molar-refractivity contribution in [2.45, 2.75) is 68.6 Å². The van der Waals surface area contributed by atoms with E-state index in [0.29, 0.717) is 6.04 Å². The van der Waals surface area contributed by atoms with Crippen LogP contribution in [0.25, 0.3) is 0 Å². The van der Waals surface area contributed by atoms with E-state index in [0.717, 1.165) is 24.4 Å². The monoisotopic (exact) mass is 404 g/mol. The van der Waals surface area contributed by atoms with Gasteiger partial charge < -0.3 is 9.47 Å². The van der Waals surface area contributed by atoms with E-state index >= 15 is 0 Å². The van der Waals surface area contributed by atoms with Gasteiger partial charge in [0.15, 0.2) is 6.29 Å². The van der Waals surface area contributed by atoms with E-state index in [9.17, 15) is 5.26 Å². The Kier molecular flexibility index (Phi) is 4.83. The third-order valence-electron chi connectivity index (χ3n) is 7.00. The lowest BCUT2D eigenvalue weighted by molar-refractivity contribution is -0.0971. The van der Waals surface area contributed by atoms with Crippen LogP contribution in [-0.4, -0.2) is 43.3 Å². The quantitative estimate of drug-likeness (QED) is 0.727. The summed E-state index contributed by atoms with van der Waals surface area (Å²) in [6.07, 6.45) is 1.77. The van der Waals surface area contributed by atoms with Crippen molar-refractivity contribution in [1.29, 1.82) is 5.26 Å². The molecular weight excluding hydrogens is 376 g/mol. The maximum absolute atomic E-state index is 9.78. The van der Waals surface area contributed by atoms with Crippen LogP contribution in [0.4, 0.5) is 0 Å². The average molecular weight is 405 g/mol. The number of benzene rings is 2. The number of hydrogen-bond donors (Lipinski definition) is 0. The summed E-state index contributed by atoms with van der Waals surface area (Å²) in [5, 5.41) is 11.2. The van der Waals surface area contributed by atoms with Gasteiger partial charge in [-0.1, -0.05) is 78.9 Å². The second kappa shape index (κ2) is 7.37. The zero-order valence-electron chi connectivity index (χ0n) is 17.1. The molecule has 0 saturated carbocycles. The molecule has 3 fully saturated rings. The average Bonchev–Trinajstić information content (AvgIpc) is 3.43. The molecule has 2 aromatic rings. The molecule has 6 atom stereocenters. The Morgan fingerprint density at radius 1 is 0.966 bits per heavy atom.